The lowest BCUT2D eigenvalue weighted by molar-refractivity contribution is -0.140. The normalized spacial score (nSPS) is 16.8. The molecule has 1 aliphatic heterocycles. The third-order valence-corrected chi connectivity index (χ3v) is 6.61. The Morgan fingerprint density at radius 3 is 2.35 bits per heavy atom. The minimum atomic E-state index is -0.681. The third kappa shape index (κ3) is 5.92. The quantitative estimate of drug-likeness (QED) is 0.170. The summed E-state index contributed by atoms with van der Waals surface area (Å²) < 4.78 is 11.0. The minimum absolute atomic E-state index is 0.0973. The number of amides is 1. The van der Waals surface area contributed by atoms with Crippen molar-refractivity contribution in [3.8, 4) is 5.75 Å². The molecule has 0 aromatic heterocycles. The first kappa shape index (κ1) is 26.2. The van der Waals surface area contributed by atoms with E-state index in [0.717, 1.165) is 23.1 Å². The van der Waals surface area contributed by atoms with Gasteiger partial charge in [-0.1, -0.05) is 61.0 Å². The van der Waals surface area contributed by atoms with E-state index in [2.05, 4.69) is 13.0 Å². The van der Waals surface area contributed by atoms with Crippen molar-refractivity contribution < 1.29 is 24.2 Å². The van der Waals surface area contributed by atoms with Crippen LogP contribution in [-0.2, 0) is 27.4 Å². The molecule has 1 amide bonds. The number of ketones is 1. The number of aliphatic hydroxyl groups excluding tert-OH is 1. The molecule has 6 nitrogen and oxygen atoms in total. The highest BCUT2D eigenvalue weighted by molar-refractivity contribution is 6.46. The topological polar surface area (TPSA) is 76.1 Å². The van der Waals surface area contributed by atoms with Crippen molar-refractivity contribution in [1.82, 2.24) is 4.90 Å². The number of benzene rings is 3. The number of hydrogen-bond acceptors (Lipinski definition) is 5. The van der Waals surface area contributed by atoms with Crippen molar-refractivity contribution in [2.24, 2.45) is 0 Å². The van der Waals surface area contributed by atoms with Crippen molar-refractivity contribution >= 4 is 17.4 Å². The summed E-state index contributed by atoms with van der Waals surface area (Å²) in [5.74, 6) is -0.841. The molecule has 0 aliphatic carbocycles. The number of aryl methyl sites for hydroxylation is 2. The predicted octanol–water partition coefficient (Wildman–Crippen LogP) is 5.59. The Morgan fingerprint density at radius 2 is 1.70 bits per heavy atom. The maximum atomic E-state index is 13.2. The van der Waals surface area contributed by atoms with Gasteiger partial charge in [-0.2, -0.15) is 0 Å². The molecule has 1 aliphatic rings. The van der Waals surface area contributed by atoms with E-state index in [-0.39, 0.29) is 11.3 Å². The van der Waals surface area contributed by atoms with Crippen molar-refractivity contribution in [2.45, 2.75) is 39.3 Å². The van der Waals surface area contributed by atoms with E-state index < -0.39 is 17.7 Å². The standard InChI is InChI=1S/C31H33NO5/c1-4-22-9-11-24(12-10-22)28-27(30(34)31(35)32(28)17-6-18-36-3)29(33)25-13-15-26(16-14-25)37-20-23-8-5-7-21(2)19-23/h5,7-16,19,28,33H,4,6,17-18,20H2,1-3H3/b29-27-. The van der Waals surface area contributed by atoms with Gasteiger partial charge in [-0.3, -0.25) is 9.59 Å². The summed E-state index contributed by atoms with van der Waals surface area (Å²) in [6.45, 7) is 5.34. The van der Waals surface area contributed by atoms with Crippen LogP contribution in [0.25, 0.3) is 5.76 Å². The van der Waals surface area contributed by atoms with Crippen LogP contribution in [0.5, 0.6) is 5.75 Å². The Balaban J connectivity index is 1.63. The number of carbonyl (C=O) groups is 2. The molecule has 0 spiro atoms. The van der Waals surface area contributed by atoms with Crippen LogP contribution >= 0.6 is 0 Å². The van der Waals surface area contributed by atoms with Gasteiger partial charge in [-0.25, -0.2) is 0 Å². The zero-order valence-corrected chi connectivity index (χ0v) is 21.6. The van der Waals surface area contributed by atoms with Crippen molar-refractivity contribution in [1.29, 1.82) is 0 Å². The van der Waals surface area contributed by atoms with E-state index in [9.17, 15) is 14.7 Å². The van der Waals surface area contributed by atoms with Crippen LogP contribution in [0.4, 0.5) is 0 Å². The van der Waals surface area contributed by atoms with Crippen LogP contribution in [0.15, 0.2) is 78.4 Å². The SMILES string of the molecule is CCc1ccc(C2/C(=C(/O)c3ccc(OCc4cccc(C)c4)cc3)C(=O)C(=O)N2CCCOC)cc1. The molecule has 1 heterocycles. The Kier molecular flexibility index (Phi) is 8.41. The van der Waals surface area contributed by atoms with E-state index in [1.807, 2.05) is 49.4 Å². The lowest BCUT2D eigenvalue weighted by atomic mass is 9.94. The second-order valence-corrected chi connectivity index (χ2v) is 9.24. The zero-order chi connectivity index (χ0) is 26.4. The molecular formula is C31H33NO5. The average Bonchev–Trinajstić information content (AvgIpc) is 3.17. The van der Waals surface area contributed by atoms with E-state index in [1.54, 1.807) is 31.4 Å². The lowest BCUT2D eigenvalue weighted by Crippen LogP contribution is -2.31. The fourth-order valence-corrected chi connectivity index (χ4v) is 4.61. The number of rotatable bonds is 10. The third-order valence-electron chi connectivity index (χ3n) is 6.61. The number of ether oxygens (including phenoxy) is 2. The highest BCUT2D eigenvalue weighted by atomic mass is 16.5. The van der Waals surface area contributed by atoms with E-state index in [4.69, 9.17) is 9.47 Å². The van der Waals surface area contributed by atoms with Crippen molar-refractivity contribution in [3.63, 3.8) is 0 Å². The Morgan fingerprint density at radius 1 is 0.973 bits per heavy atom. The Labute approximate surface area is 218 Å². The van der Waals surface area contributed by atoms with Gasteiger partial charge in [-0.15, -0.1) is 0 Å². The predicted molar refractivity (Wildman–Crippen MR) is 143 cm³/mol. The monoisotopic (exact) mass is 499 g/mol. The fraction of sp³-hybridized carbons (Fsp3) is 0.290. The number of likely N-dealkylation sites (tertiary alicyclic amines) is 1. The van der Waals surface area contributed by atoms with Crippen LogP contribution in [0, 0.1) is 6.92 Å². The molecule has 3 aromatic carbocycles. The zero-order valence-electron chi connectivity index (χ0n) is 21.6. The second-order valence-electron chi connectivity index (χ2n) is 9.24. The molecule has 192 valence electrons. The number of hydrogen-bond donors (Lipinski definition) is 1. The Hall–Kier alpha value is -3.90. The summed E-state index contributed by atoms with van der Waals surface area (Å²) in [5, 5.41) is 11.3. The largest absolute Gasteiger partial charge is 0.507 e. The first-order valence-electron chi connectivity index (χ1n) is 12.6. The molecule has 37 heavy (non-hydrogen) atoms. The first-order valence-corrected chi connectivity index (χ1v) is 12.6. The number of nitrogens with zero attached hydrogens (tertiary/aromatic N) is 1. The number of carbonyl (C=O) groups excluding carboxylic acids is 2. The molecule has 1 saturated heterocycles. The van der Waals surface area contributed by atoms with Crippen molar-refractivity contribution in [2.75, 3.05) is 20.3 Å². The molecule has 0 radical (unpaired) electrons. The number of Topliss-reactive ketones (excluding diaryl/α,β-unsaturated/α-hetero) is 1. The van der Waals surface area contributed by atoms with Crippen LogP contribution in [0.3, 0.4) is 0 Å². The first-order chi connectivity index (χ1) is 17.9. The van der Waals surface area contributed by atoms with Crippen LogP contribution in [0.1, 0.15) is 47.2 Å². The number of aliphatic hydroxyl groups is 1. The molecule has 1 atom stereocenters. The van der Waals surface area contributed by atoms with Gasteiger partial charge in [0, 0.05) is 25.8 Å². The summed E-state index contributed by atoms with van der Waals surface area (Å²) in [5.41, 5.74) is 4.72. The van der Waals surface area contributed by atoms with Gasteiger partial charge in [0.05, 0.1) is 11.6 Å². The fourth-order valence-electron chi connectivity index (χ4n) is 4.61. The molecular weight excluding hydrogens is 466 g/mol. The molecule has 4 rings (SSSR count). The van der Waals surface area contributed by atoms with E-state index in [0.29, 0.717) is 37.5 Å². The highest BCUT2D eigenvalue weighted by Gasteiger charge is 2.45. The molecule has 1 unspecified atom stereocenters. The van der Waals surface area contributed by atoms with E-state index in [1.165, 1.54) is 10.5 Å². The van der Waals surface area contributed by atoms with Gasteiger partial charge in [-0.05, 0) is 60.7 Å². The molecule has 0 bridgehead atoms. The minimum Gasteiger partial charge on any atom is -0.507 e. The summed E-state index contributed by atoms with van der Waals surface area (Å²) in [7, 11) is 1.60. The van der Waals surface area contributed by atoms with Gasteiger partial charge in [0.15, 0.2) is 0 Å². The summed E-state index contributed by atoms with van der Waals surface area (Å²) in [6.07, 6.45) is 1.46. The molecule has 6 heteroatoms. The average molecular weight is 500 g/mol. The Bertz CT molecular complexity index is 1280. The van der Waals surface area contributed by atoms with Gasteiger partial charge in [0.1, 0.15) is 18.1 Å². The van der Waals surface area contributed by atoms with Gasteiger partial charge in [0.2, 0.25) is 0 Å². The van der Waals surface area contributed by atoms with Gasteiger partial charge >= 0.3 is 0 Å². The van der Waals surface area contributed by atoms with Gasteiger partial charge < -0.3 is 19.5 Å². The summed E-state index contributed by atoms with van der Waals surface area (Å²) in [6, 6.07) is 22.2. The van der Waals surface area contributed by atoms with Gasteiger partial charge in [0.25, 0.3) is 11.7 Å². The van der Waals surface area contributed by atoms with Crippen LogP contribution < -0.4 is 4.74 Å². The lowest BCUT2D eigenvalue weighted by Gasteiger charge is -2.25. The molecule has 0 saturated carbocycles. The summed E-state index contributed by atoms with van der Waals surface area (Å²) in [4.78, 5) is 27.7. The molecule has 3 aromatic rings. The second kappa shape index (κ2) is 11.9. The van der Waals surface area contributed by atoms with Crippen LogP contribution in [0.2, 0.25) is 0 Å². The maximum Gasteiger partial charge on any atom is 0.295 e. The molecule has 1 N–H and O–H groups in total. The van der Waals surface area contributed by atoms with E-state index >= 15 is 0 Å². The highest BCUT2D eigenvalue weighted by Crippen LogP contribution is 2.39. The summed E-state index contributed by atoms with van der Waals surface area (Å²) >= 11 is 0. The smallest absolute Gasteiger partial charge is 0.295 e. The molecule has 1 fully saturated rings. The maximum absolute atomic E-state index is 13.2. The van der Waals surface area contributed by atoms with Crippen LogP contribution in [-0.4, -0.2) is 42.0 Å². The van der Waals surface area contributed by atoms with Crippen molar-refractivity contribution in [3.05, 3.63) is 106 Å². The number of methoxy groups -OCH3 is 1.